The topological polar surface area (TPSA) is 61.6 Å². The predicted octanol–water partition coefficient (Wildman–Crippen LogP) is 6.37. The summed E-state index contributed by atoms with van der Waals surface area (Å²) in [6, 6.07) is 11.3. The summed E-state index contributed by atoms with van der Waals surface area (Å²) < 4.78 is 2.13. The Morgan fingerprint density at radius 3 is 2.74 bits per heavy atom. The molecular weight excluding hydrogens is 420 g/mol. The van der Waals surface area contributed by atoms with Crippen LogP contribution in [-0.2, 0) is 7.05 Å². The normalized spacial score (nSPS) is 17.5. The van der Waals surface area contributed by atoms with Gasteiger partial charge in [-0.15, -0.1) is 0 Å². The molecule has 2 aliphatic heterocycles. The molecule has 1 saturated heterocycles. The summed E-state index contributed by atoms with van der Waals surface area (Å²) in [7, 11) is 2.08. The fourth-order valence-corrected chi connectivity index (χ4v) is 5.81. The number of aromatic amines is 1. The van der Waals surface area contributed by atoms with Crippen molar-refractivity contribution in [2.45, 2.75) is 38.5 Å². The number of azo groups is 1. The Balaban J connectivity index is 1.32. The maximum atomic E-state index is 4.60. The van der Waals surface area contributed by atoms with Gasteiger partial charge in [-0.05, 0) is 78.7 Å². The van der Waals surface area contributed by atoms with Gasteiger partial charge in [0, 0.05) is 47.8 Å². The first-order valence-electron chi connectivity index (χ1n) is 12.4. The van der Waals surface area contributed by atoms with Crippen LogP contribution in [0.5, 0.6) is 0 Å². The first-order chi connectivity index (χ1) is 16.6. The highest BCUT2D eigenvalue weighted by atomic mass is 15.2. The number of likely N-dealkylation sites (tertiary alicyclic amines) is 1. The molecule has 0 aliphatic carbocycles. The maximum absolute atomic E-state index is 4.60. The second kappa shape index (κ2) is 8.51. The Kier molecular flexibility index (Phi) is 5.33. The van der Waals surface area contributed by atoms with Gasteiger partial charge in [-0.2, -0.15) is 10.2 Å². The van der Waals surface area contributed by atoms with E-state index in [-0.39, 0.29) is 0 Å². The average molecular weight is 453 g/mol. The fraction of sp³-hybridized carbons (Fsp3) is 0.393. The van der Waals surface area contributed by atoms with Gasteiger partial charge >= 0.3 is 0 Å². The second-order valence-corrected chi connectivity index (χ2v) is 10.2. The van der Waals surface area contributed by atoms with Crippen LogP contribution in [0.25, 0.3) is 33.2 Å². The second-order valence-electron chi connectivity index (χ2n) is 10.2. The Hall–Kier alpha value is -3.25. The summed E-state index contributed by atoms with van der Waals surface area (Å²) in [4.78, 5) is 10.9. The number of pyridine rings is 1. The molecule has 1 aromatic carbocycles. The smallest absolute Gasteiger partial charge is 0.140 e. The summed E-state index contributed by atoms with van der Waals surface area (Å²) in [5.41, 5.74) is 8.94. The van der Waals surface area contributed by atoms with Crippen molar-refractivity contribution in [3.05, 3.63) is 65.6 Å². The van der Waals surface area contributed by atoms with Crippen LogP contribution in [0.15, 0.2) is 64.7 Å². The number of nitrogens with zero attached hydrogens (tertiary/aromatic N) is 5. The summed E-state index contributed by atoms with van der Waals surface area (Å²) in [6.45, 7) is 8.67. The van der Waals surface area contributed by atoms with Gasteiger partial charge in [0.15, 0.2) is 0 Å². The molecule has 1 fully saturated rings. The lowest BCUT2D eigenvalue weighted by Gasteiger charge is -2.32. The highest BCUT2D eigenvalue weighted by molar-refractivity contribution is 5.99. The Morgan fingerprint density at radius 1 is 1.12 bits per heavy atom. The minimum atomic E-state index is 0.420. The van der Waals surface area contributed by atoms with Crippen LogP contribution in [-0.4, -0.2) is 45.6 Å². The molecule has 6 heteroatoms. The first kappa shape index (κ1) is 21.3. The van der Waals surface area contributed by atoms with Gasteiger partial charge < -0.3 is 9.55 Å². The molecule has 4 aromatic rings. The molecule has 6 rings (SSSR count). The van der Waals surface area contributed by atoms with Crippen LogP contribution < -0.4 is 0 Å². The van der Waals surface area contributed by atoms with Crippen molar-refractivity contribution in [2.75, 3.05) is 26.2 Å². The Bertz CT molecular complexity index is 1410. The molecule has 34 heavy (non-hydrogen) atoms. The molecule has 3 aromatic heterocycles. The third-order valence-corrected chi connectivity index (χ3v) is 7.52. The maximum Gasteiger partial charge on any atom is 0.140 e. The van der Waals surface area contributed by atoms with Gasteiger partial charge in [0.2, 0.25) is 0 Å². The van der Waals surface area contributed by atoms with E-state index >= 15 is 0 Å². The van der Waals surface area contributed by atoms with Gasteiger partial charge in [0.25, 0.3) is 0 Å². The molecule has 0 bridgehead atoms. The number of hydrogen-bond donors (Lipinski definition) is 1. The number of aryl methyl sites for hydroxylation is 1. The number of piperidine rings is 1. The van der Waals surface area contributed by atoms with Gasteiger partial charge in [-0.3, -0.25) is 4.90 Å². The zero-order valence-electron chi connectivity index (χ0n) is 20.3. The summed E-state index contributed by atoms with van der Waals surface area (Å²) in [6.07, 6.45) is 8.43. The fourth-order valence-electron chi connectivity index (χ4n) is 5.81. The first-order valence-corrected chi connectivity index (χ1v) is 12.4. The monoisotopic (exact) mass is 452 g/mol. The number of nitrogens with one attached hydrogen (secondary N) is 1. The van der Waals surface area contributed by atoms with E-state index < -0.39 is 0 Å². The molecule has 0 radical (unpaired) electrons. The summed E-state index contributed by atoms with van der Waals surface area (Å²) in [5, 5.41) is 10.7. The number of rotatable bonds is 5. The van der Waals surface area contributed by atoms with E-state index in [1.54, 1.807) is 0 Å². The van der Waals surface area contributed by atoms with Crippen LogP contribution >= 0.6 is 0 Å². The lowest BCUT2D eigenvalue weighted by Crippen LogP contribution is -2.34. The van der Waals surface area contributed by atoms with Crippen LogP contribution in [0.2, 0.25) is 0 Å². The zero-order chi connectivity index (χ0) is 23.2. The third kappa shape index (κ3) is 3.66. The van der Waals surface area contributed by atoms with E-state index in [0.717, 1.165) is 31.8 Å². The number of aromatic nitrogens is 3. The molecule has 0 unspecified atom stereocenters. The van der Waals surface area contributed by atoms with Gasteiger partial charge in [-0.25, -0.2) is 4.98 Å². The van der Waals surface area contributed by atoms with E-state index in [1.165, 1.54) is 57.1 Å². The van der Waals surface area contributed by atoms with Crippen LogP contribution in [0.1, 0.15) is 49.7 Å². The quantitative estimate of drug-likeness (QED) is 0.382. The summed E-state index contributed by atoms with van der Waals surface area (Å²) in [5.74, 6) is 1.04. The Morgan fingerprint density at radius 2 is 1.97 bits per heavy atom. The minimum Gasteiger partial charge on any atom is -0.354 e. The van der Waals surface area contributed by atoms with Gasteiger partial charge in [0.1, 0.15) is 5.65 Å². The van der Waals surface area contributed by atoms with Crippen molar-refractivity contribution in [3.63, 3.8) is 0 Å². The average Bonchev–Trinajstić information content (AvgIpc) is 3.57. The van der Waals surface area contributed by atoms with Gasteiger partial charge in [-0.1, -0.05) is 19.9 Å². The highest BCUT2D eigenvalue weighted by Gasteiger charge is 2.24. The molecule has 0 spiro atoms. The van der Waals surface area contributed by atoms with E-state index in [4.69, 9.17) is 0 Å². The van der Waals surface area contributed by atoms with Crippen molar-refractivity contribution >= 4 is 21.9 Å². The molecule has 174 valence electrons. The van der Waals surface area contributed by atoms with Crippen molar-refractivity contribution in [1.82, 2.24) is 19.4 Å². The molecular formula is C28H32N6. The van der Waals surface area contributed by atoms with Gasteiger partial charge in [0.05, 0.1) is 18.4 Å². The van der Waals surface area contributed by atoms with Crippen LogP contribution in [0.4, 0.5) is 0 Å². The van der Waals surface area contributed by atoms with Crippen molar-refractivity contribution in [3.8, 4) is 11.3 Å². The largest absolute Gasteiger partial charge is 0.354 e. The van der Waals surface area contributed by atoms with Crippen molar-refractivity contribution in [2.24, 2.45) is 17.3 Å². The molecule has 5 heterocycles. The van der Waals surface area contributed by atoms with E-state index in [2.05, 4.69) is 81.0 Å². The molecule has 1 N–H and O–H groups in total. The lowest BCUT2D eigenvalue weighted by atomic mass is 9.87. The lowest BCUT2D eigenvalue weighted by molar-refractivity contribution is 0.228. The Labute approximate surface area is 200 Å². The number of H-pyrrole nitrogens is 1. The summed E-state index contributed by atoms with van der Waals surface area (Å²) >= 11 is 0. The van der Waals surface area contributed by atoms with Crippen molar-refractivity contribution < 1.29 is 0 Å². The molecule has 0 amide bonds. The molecule has 0 atom stereocenters. The molecule has 6 nitrogen and oxygen atoms in total. The minimum absolute atomic E-state index is 0.420. The van der Waals surface area contributed by atoms with E-state index in [0.29, 0.717) is 11.8 Å². The van der Waals surface area contributed by atoms with Crippen molar-refractivity contribution in [1.29, 1.82) is 0 Å². The third-order valence-electron chi connectivity index (χ3n) is 7.52. The van der Waals surface area contributed by atoms with Crippen LogP contribution in [0.3, 0.4) is 0 Å². The van der Waals surface area contributed by atoms with E-state index in [1.807, 2.05) is 18.5 Å². The SMILES string of the molecule is CC(C)c1c(-c2cn(C)c3ncccc23)[nH]c2ccc(C3CCN(CC4=CN=NC4)CC3)cc12. The number of hydrogen-bond acceptors (Lipinski definition) is 4. The highest BCUT2D eigenvalue weighted by Crippen LogP contribution is 2.40. The predicted molar refractivity (Wildman–Crippen MR) is 138 cm³/mol. The van der Waals surface area contributed by atoms with E-state index in [9.17, 15) is 0 Å². The molecule has 2 aliphatic rings. The van der Waals surface area contributed by atoms with Crippen LogP contribution in [0, 0.1) is 0 Å². The number of fused-ring (bicyclic) bond motifs is 2. The standard InChI is InChI=1S/C28H32N6/c1-18(2)26-23-13-21(20-8-11-34(12-9-20)16-19-14-30-31-15-19)6-7-25(23)32-27(26)24-17-33(3)28-22(24)5-4-10-29-28/h4-7,10,13-14,17-18,20,32H,8-9,11-12,15-16H2,1-3H3. The molecule has 0 saturated carbocycles. The zero-order valence-corrected chi connectivity index (χ0v) is 20.3. The number of benzene rings is 1.